The van der Waals surface area contributed by atoms with E-state index in [1.807, 2.05) is 0 Å². The number of nitrogens with zero attached hydrogens (tertiary/aromatic N) is 5. The smallest absolute Gasteiger partial charge is 0.349 e. The highest BCUT2D eigenvalue weighted by Crippen LogP contribution is 2.27. The van der Waals surface area contributed by atoms with Gasteiger partial charge < -0.3 is 14.9 Å². The number of amides is 2. The standard InChI is InChI=1S/C11H15N5O5S/c1-14(11(19)15(2)20-3)9-12-13-10(22-9)21-6-16-7(17)4-5-8(16)18/h4-5,17-18H,6H2,1-3H3. The van der Waals surface area contributed by atoms with Crippen LogP contribution < -0.4 is 9.64 Å². The van der Waals surface area contributed by atoms with Gasteiger partial charge in [-0.25, -0.2) is 14.4 Å². The van der Waals surface area contributed by atoms with Crippen molar-refractivity contribution in [3.8, 4) is 17.0 Å². The molecule has 0 aromatic carbocycles. The number of hydroxylamine groups is 2. The summed E-state index contributed by atoms with van der Waals surface area (Å²) in [6, 6.07) is 2.24. The van der Waals surface area contributed by atoms with Crippen LogP contribution in [0.3, 0.4) is 0 Å². The van der Waals surface area contributed by atoms with Gasteiger partial charge >= 0.3 is 6.03 Å². The van der Waals surface area contributed by atoms with Gasteiger partial charge in [-0.2, -0.15) is 0 Å². The van der Waals surface area contributed by atoms with Gasteiger partial charge in [0.2, 0.25) is 5.13 Å². The van der Waals surface area contributed by atoms with E-state index in [-0.39, 0.29) is 23.7 Å². The molecule has 0 aliphatic carbocycles. The molecule has 0 radical (unpaired) electrons. The van der Waals surface area contributed by atoms with Crippen molar-refractivity contribution in [1.29, 1.82) is 0 Å². The van der Waals surface area contributed by atoms with Crippen LogP contribution >= 0.6 is 11.3 Å². The number of hydrogen-bond acceptors (Lipinski definition) is 8. The highest BCUT2D eigenvalue weighted by atomic mass is 32.1. The predicted molar refractivity (Wildman–Crippen MR) is 76.9 cm³/mol. The maximum atomic E-state index is 11.9. The van der Waals surface area contributed by atoms with Gasteiger partial charge in [0.25, 0.3) is 5.19 Å². The van der Waals surface area contributed by atoms with Crippen LogP contribution in [0, 0.1) is 0 Å². The molecule has 11 heteroatoms. The lowest BCUT2D eigenvalue weighted by molar-refractivity contribution is -0.0619. The number of anilines is 1. The van der Waals surface area contributed by atoms with Crippen molar-refractivity contribution in [2.45, 2.75) is 6.73 Å². The zero-order valence-electron chi connectivity index (χ0n) is 12.1. The fourth-order valence-corrected chi connectivity index (χ4v) is 2.11. The number of carbonyl (C=O) groups is 1. The number of carbonyl (C=O) groups excluding carboxylic acids is 1. The zero-order valence-corrected chi connectivity index (χ0v) is 12.9. The van der Waals surface area contributed by atoms with Crippen LogP contribution in [0.25, 0.3) is 0 Å². The molecule has 0 fully saturated rings. The van der Waals surface area contributed by atoms with Crippen molar-refractivity contribution in [3.05, 3.63) is 12.1 Å². The first kappa shape index (κ1) is 15.9. The summed E-state index contributed by atoms with van der Waals surface area (Å²) in [6.45, 7) is -0.144. The molecular formula is C11H15N5O5S. The van der Waals surface area contributed by atoms with E-state index in [9.17, 15) is 15.0 Å². The number of ether oxygens (including phenoxy) is 1. The Hall–Kier alpha value is -2.53. The molecule has 0 saturated carbocycles. The molecule has 0 spiro atoms. The average Bonchev–Trinajstić information content (AvgIpc) is 3.10. The first-order valence-electron chi connectivity index (χ1n) is 6.03. The van der Waals surface area contributed by atoms with E-state index < -0.39 is 6.03 Å². The van der Waals surface area contributed by atoms with Crippen molar-refractivity contribution in [1.82, 2.24) is 19.8 Å². The molecule has 2 rings (SSSR count). The second-order valence-electron chi connectivity index (χ2n) is 4.12. The summed E-state index contributed by atoms with van der Waals surface area (Å²) in [6.07, 6.45) is 0. The summed E-state index contributed by atoms with van der Waals surface area (Å²) in [5.74, 6) is -0.285. The lowest BCUT2D eigenvalue weighted by Gasteiger charge is -2.19. The van der Waals surface area contributed by atoms with Gasteiger partial charge in [-0.15, -0.1) is 5.10 Å². The molecule has 0 bridgehead atoms. The molecule has 2 heterocycles. The second kappa shape index (κ2) is 6.49. The van der Waals surface area contributed by atoms with E-state index in [1.54, 1.807) is 0 Å². The molecule has 120 valence electrons. The Bertz CT molecular complexity index is 638. The van der Waals surface area contributed by atoms with Gasteiger partial charge in [0.15, 0.2) is 18.5 Å². The topological polar surface area (TPSA) is 113 Å². The molecule has 0 atom stereocenters. The number of rotatable bonds is 5. The van der Waals surface area contributed by atoms with Crippen LogP contribution in [0.15, 0.2) is 12.1 Å². The minimum Gasteiger partial charge on any atom is -0.494 e. The molecule has 22 heavy (non-hydrogen) atoms. The SMILES string of the molecule is CON(C)C(=O)N(C)c1nnc(OCn2c(O)ccc2O)s1. The largest absolute Gasteiger partial charge is 0.494 e. The van der Waals surface area contributed by atoms with Crippen LogP contribution in [0.1, 0.15) is 0 Å². The maximum absolute atomic E-state index is 11.9. The molecule has 2 aromatic heterocycles. The molecule has 0 saturated heterocycles. The summed E-state index contributed by atoms with van der Waals surface area (Å²) in [5, 5.41) is 28.1. The van der Waals surface area contributed by atoms with Crippen molar-refractivity contribution >= 4 is 22.5 Å². The quantitative estimate of drug-likeness (QED) is 0.781. The van der Waals surface area contributed by atoms with Crippen LogP contribution in [-0.2, 0) is 11.6 Å². The molecule has 2 aromatic rings. The number of hydrogen-bond donors (Lipinski definition) is 2. The Balaban J connectivity index is 2.01. The van der Waals surface area contributed by atoms with Crippen molar-refractivity contribution in [2.75, 3.05) is 26.1 Å². The van der Waals surface area contributed by atoms with E-state index in [0.29, 0.717) is 5.13 Å². The first-order valence-corrected chi connectivity index (χ1v) is 6.85. The Morgan fingerprint density at radius 3 is 2.55 bits per heavy atom. The lowest BCUT2D eigenvalue weighted by Crippen LogP contribution is -2.38. The van der Waals surface area contributed by atoms with Gasteiger partial charge in [0, 0.05) is 26.2 Å². The Labute approximate surface area is 129 Å². The maximum Gasteiger partial charge on any atom is 0.349 e. The monoisotopic (exact) mass is 329 g/mol. The second-order valence-corrected chi connectivity index (χ2v) is 5.04. The minimum absolute atomic E-state index is 0.142. The van der Waals surface area contributed by atoms with Crippen LogP contribution in [0.2, 0.25) is 0 Å². The predicted octanol–water partition coefficient (Wildman–Crippen LogP) is 0.837. The summed E-state index contributed by atoms with van der Waals surface area (Å²) in [4.78, 5) is 17.9. The molecule has 2 N–H and O–H groups in total. The average molecular weight is 329 g/mol. The van der Waals surface area contributed by atoms with Crippen molar-refractivity contribution < 1.29 is 24.6 Å². The third-order valence-electron chi connectivity index (χ3n) is 2.76. The van der Waals surface area contributed by atoms with E-state index >= 15 is 0 Å². The molecule has 0 unspecified atom stereocenters. The summed E-state index contributed by atoms with van der Waals surface area (Å²) < 4.78 is 6.45. The van der Waals surface area contributed by atoms with Gasteiger partial charge in [0.05, 0.1) is 7.11 Å². The van der Waals surface area contributed by atoms with Gasteiger partial charge in [-0.3, -0.25) is 9.74 Å². The number of aromatic hydroxyl groups is 2. The number of urea groups is 1. The Kier molecular flexibility index (Phi) is 4.68. The first-order chi connectivity index (χ1) is 10.4. The van der Waals surface area contributed by atoms with E-state index in [1.165, 1.54) is 38.2 Å². The van der Waals surface area contributed by atoms with E-state index in [4.69, 9.17) is 9.57 Å². The van der Waals surface area contributed by atoms with E-state index in [0.717, 1.165) is 21.0 Å². The fraction of sp³-hybridized carbons (Fsp3) is 0.364. The van der Waals surface area contributed by atoms with Gasteiger partial charge in [-0.1, -0.05) is 5.10 Å². The summed E-state index contributed by atoms with van der Waals surface area (Å²) in [7, 11) is 4.36. The molecule has 2 amide bonds. The summed E-state index contributed by atoms with van der Waals surface area (Å²) in [5.41, 5.74) is 0. The minimum atomic E-state index is -0.425. The lowest BCUT2D eigenvalue weighted by atomic mass is 10.6. The Morgan fingerprint density at radius 1 is 1.32 bits per heavy atom. The highest BCUT2D eigenvalue weighted by molar-refractivity contribution is 7.17. The third kappa shape index (κ3) is 3.20. The van der Waals surface area contributed by atoms with Crippen LogP contribution in [0.4, 0.5) is 9.93 Å². The highest BCUT2D eigenvalue weighted by Gasteiger charge is 2.20. The summed E-state index contributed by atoms with van der Waals surface area (Å²) >= 11 is 1.03. The van der Waals surface area contributed by atoms with Crippen molar-refractivity contribution in [3.63, 3.8) is 0 Å². The normalized spacial score (nSPS) is 10.5. The molecule has 0 aliphatic heterocycles. The fourth-order valence-electron chi connectivity index (χ4n) is 1.47. The van der Waals surface area contributed by atoms with Crippen LogP contribution in [-0.4, -0.2) is 57.3 Å². The Morgan fingerprint density at radius 2 is 1.95 bits per heavy atom. The number of aromatic nitrogens is 3. The van der Waals surface area contributed by atoms with Gasteiger partial charge in [0.1, 0.15) is 0 Å². The molecule has 0 aliphatic rings. The van der Waals surface area contributed by atoms with Crippen LogP contribution in [0.5, 0.6) is 17.0 Å². The van der Waals surface area contributed by atoms with E-state index in [2.05, 4.69) is 10.2 Å². The molecule has 10 nitrogen and oxygen atoms in total. The molecular weight excluding hydrogens is 314 g/mol. The van der Waals surface area contributed by atoms with Crippen molar-refractivity contribution in [2.24, 2.45) is 0 Å². The third-order valence-corrected chi connectivity index (χ3v) is 3.68. The van der Waals surface area contributed by atoms with Gasteiger partial charge in [-0.05, 0) is 11.3 Å². The zero-order chi connectivity index (χ0) is 16.3.